The van der Waals surface area contributed by atoms with Crippen LogP contribution in [0.5, 0.6) is 0 Å². The summed E-state index contributed by atoms with van der Waals surface area (Å²) < 4.78 is 0. The molecule has 0 amide bonds. The first-order valence-electron chi connectivity index (χ1n) is 10.1. The van der Waals surface area contributed by atoms with Gasteiger partial charge < -0.3 is 0 Å². The van der Waals surface area contributed by atoms with Gasteiger partial charge >= 0.3 is 0 Å². The van der Waals surface area contributed by atoms with Crippen LogP contribution in [0.3, 0.4) is 0 Å². The van der Waals surface area contributed by atoms with Crippen LogP contribution in [0.4, 0.5) is 0 Å². The van der Waals surface area contributed by atoms with E-state index in [1.165, 1.54) is 72.8 Å². The zero-order valence-electron chi connectivity index (χ0n) is 15.8. The molecule has 0 atom stereocenters. The number of benzene rings is 2. The molecule has 0 saturated heterocycles. The Bertz CT molecular complexity index is 770. The molecule has 0 heterocycles. The van der Waals surface area contributed by atoms with E-state index in [2.05, 4.69) is 56.3 Å². The highest BCUT2D eigenvalue weighted by Crippen LogP contribution is 2.39. The van der Waals surface area contributed by atoms with Crippen molar-refractivity contribution in [2.45, 2.75) is 65.2 Å². The van der Waals surface area contributed by atoms with Crippen molar-refractivity contribution in [2.24, 2.45) is 5.92 Å². The first kappa shape index (κ1) is 16.6. The van der Waals surface area contributed by atoms with Crippen LogP contribution in [0.2, 0.25) is 0 Å². The summed E-state index contributed by atoms with van der Waals surface area (Å²) in [5.74, 6) is 0.933. The molecule has 130 valence electrons. The van der Waals surface area contributed by atoms with Gasteiger partial charge in [0.2, 0.25) is 0 Å². The maximum atomic E-state index is 2.52. The third-order valence-corrected chi connectivity index (χ3v) is 6.12. The quantitative estimate of drug-likeness (QED) is 0.559. The molecule has 0 radical (unpaired) electrons. The lowest BCUT2D eigenvalue weighted by Gasteiger charge is -2.21. The minimum absolute atomic E-state index is 0.933. The molecule has 2 aromatic rings. The fourth-order valence-electron chi connectivity index (χ4n) is 4.74. The molecule has 0 N–H and O–H groups in total. The Hall–Kier alpha value is -1.82. The minimum atomic E-state index is 0.933. The number of allylic oxidation sites excluding steroid dienone is 1. The molecule has 0 aromatic heterocycles. The van der Waals surface area contributed by atoms with E-state index in [9.17, 15) is 0 Å². The lowest BCUT2D eigenvalue weighted by atomic mass is 9.84. The highest BCUT2D eigenvalue weighted by molar-refractivity contribution is 5.81. The molecular formula is C25H30. The molecule has 0 heteroatoms. The van der Waals surface area contributed by atoms with Gasteiger partial charge in [-0.25, -0.2) is 0 Å². The molecule has 0 nitrogen and oxygen atoms in total. The predicted octanol–water partition coefficient (Wildman–Crippen LogP) is 7.13. The van der Waals surface area contributed by atoms with E-state index in [1.54, 1.807) is 11.1 Å². The molecule has 2 aliphatic rings. The fraction of sp³-hybridized carbons (Fsp3) is 0.440. The van der Waals surface area contributed by atoms with Crippen molar-refractivity contribution in [3.05, 3.63) is 64.2 Å². The Kier molecular flexibility index (Phi) is 4.79. The largest absolute Gasteiger partial charge is 0.0649 e. The van der Waals surface area contributed by atoms with Gasteiger partial charge in [0, 0.05) is 0 Å². The lowest BCUT2D eigenvalue weighted by Crippen LogP contribution is -2.07. The van der Waals surface area contributed by atoms with E-state index in [1.807, 2.05) is 0 Å². The number of aryl methyl sites for hydroxylation is 2. The van der Waals surface area contributed by atoms with Crippen LogP contribution in [-0.2, 0) is 12.8 Å². The van der Waals surface area contributed by atoms with Gasteiger partial charge in [0.15, 0.2) is 0 Å². The summed E-state index contributed by atoms with van der Waals surface area (Å²) in [6.07, 6.45) is 13.3. The maximum Gasteiger partial charge on any atom is -0.00574 e. The third-order valence-electron chi connectivity index (χ3n) is 6.12. The van der Waals surface area contributed by atoms with Crippen molar-refractivity contribution in [1.29, 1.82) is 0 Å². The molecule has 1 saturated carbocycles. The molecule has 25 heavy (non-hydrogen) atoms. The third kappa shape index (κ3) is 3.59. The molecule has 4 rings (SSSR count). The van der Waals surface area contributed by atoms with Crippen molar-refractivity contribution in [2.75, 3.05) is 0 Å². The van der Waals surface area contributed by atoms with E-state index < -0.39 is 0 Å². The van der Waals surface area contributed by atoms with E-state index in [-0.39, 0.29) is 0 Å². The van der Waals surface area contributed by atoms with Crippen LogP contribution >= 0.6 is 0 Å². The second-order valence-electron chi connectivity index (χ2n) is 8.12. The standard InChI is InChI=1S/C25H30/c1-3-19-9-11-22(12-10-19)24-14-18(2)13-23-16-21(17-25(23)24)15-20-7-5-4-6-8-20/h9-14,17,20H,3-8,15-16H2,1-2H3. The molecule has 0 bridgehead atoms. The minimum Gasteiger partial charge on any atom is -0.0649 e. The second-order valence-corrected chi connectivity index (χ2v) is 8.12. The number of hydrogen-bond donors (Lipinski definition) is 0. The SMILES string of the molecule is CCc1ccc(-c2cc(C)cc3c2C=C(CC2CCCCC2)C3)cc1. The molecule has 1 fully saturated rings. The van der Waals surface area contributed by atoms with Crippen LogP contribution in [0.25, 0.3) is 17.2 Å². The topological polar surface area (TPSA) is 0 Å². The van der Waals surface area contributed by atoms with Crippen LogP contribution in [0.1, 0.15) is 67.7 Å². The van der Waals surface area contributed by atoms with E-state index in [0.717, 1.165) is 12.3 Å². The monoisotopic (exact) mass is 330 g/mol. The van der Waals surface area contributed by atoms with E-state index >= 15 is 0 Å². The van der Waals surface area contributed by atoms with Crippen LogP contribution in [0, 0.1) is 12.8 Å². The predicted molar refractivity (Wildman–Crippen MR) is 109 cm³/mol. The first-order valence-corrected chi connectivity index (χ1v) is 10.1. The van der Waals surface area contributed by atoms with Crippen LogP contribution < -0.4 is 0 Å². The highest BCUT2D eigenvalue weighted by Gasteiger charge is 2.21. The Morgan fingerprint density at radius 1 is 0.960 bits per heavy atom. The van der Waals surface area contributed by atoms with Gasteiger partial charge in [0.25, 0.3) is 0 Å². The normalized spacial score (nSPS) is 17.4. The van der Waals surface area contributed by atoms with Crippen molar-refractivity contribution in [3.63, 3.8) is 0 Å². The molecule has 0 spiro atoms. The van der Waals surface area contributed by atoms with Gasteiger partial charge in [0.05, 0.1) is 0 Å². The zero-order chi connectivity index (χ0) is 17.2. The summed E-state index contributed by atoms with van der Waals surface area (Å²) in [7, 11) is 0. The Balaban J connectivity index is 1.63. The molecular weight excluding hydrogens is 300 g/mol. The molecule has 2 aliphatic carbocycles. The maximum absolute atomic E-state index is 2.52. The summed E-state index contributed by atoms with van der Waals surface area (Å²) in [4.78, 5) is 0. The van der Waals surface area contributed by atoms with Crippen molar-refractivity contribution < 1.29 is 0 Å². The number of fused-ring (bicyclic) bond motifs is 1. The second kappa shape index (κ2) is 7.20. The highest BCUT2D eigenvalue weighted by atomic mass is 14.3. The van der Waals surface area contributed by atoms with E-state index in [0.29, 0.717) is 0 Å². The fourth-order valence-corrected chi connectivity index (χ4v) is 4.74. The van der Waals surface area contributed by atoms with Gasteiger partial charge in [-0.05, 0) is 59.9 Å². The lowest BCUT2D eigenvalue weighted by molar-refractivity contribution is 0.355. The summed E-state index contributed by atoms with van der Waals surface area (Å²) >= 11 is 0. The van der Waals surface area contributed by atoms with Gasteiger partial charge in [-0.15, -0.1) is 0 Å². The van der Waals surface area contributed by atoms with Crippen LogP contribution in [0.15, 0.2) is 42.0 Å². The van der Waals surface area contributed by atoms with Crippen molar-refractivity contribution in [1.82, 2.24) is 0 Å². The van der Waals surface area contributed by atoms with Crippen LogP contribution in [-0.4, -0.2) is 0 Å². The summed E-state index contributed by atoms with van der Waals surface area (Å²) in [5.41, 5.74) is 10.3. The number of rotatable bonds is 4. The van der Waals surface area contributed by atoms with Gasteiger partial charge in [-0.2, -0.15) is 0 Å². The van der Waals surface area contributed by atoms with Crippen molar-refractivity contribution >= 4 is 6.08 Å². The summed E-state index contributed by atoms with van der Waals surface area (Å²) in [5, 5.41) is 0. The Morgan fingerprint density at radius 3 is 2.44 bits per heavy atom. The molecule has 0 aliphatic heterocycles. The Labute approximate surface area is 153 Å². The average molecular weight is 331 g/mol. The van der Waals surface area contributed by atoms with Crippen molar-refractivity contribution in [3.8, 4) is 11.1 Å². The molecule has 2 aromatic carbocycles. The van der Waals surface area contributed by atoms with Gasteiger partial charge in [0.1, 0.15) is 0 Å². The molecule has 0 unspecified atom stereocenters. The Morgan fingerprint density at radius 2 is 1.72 bits per heavy atom. The average Bonchev–Trinajstić information content (AvgIpc) is 3.04. The number of hydrogen-bond acceptors (Lipinski definition) is 0. The summed E-state index contributed by atoms with van der Waals surface area (Å²) in [6, 6.07) is 14.0. The first-order chi connectivity index (χ1) is 12.2. The van der Waals surface area contributed by atoms with Gasteiger partial charge in [-0.1, -0.05) is 92.6 Å². The summed E-state index contributed by atoms with van der Waals surface area (Å²) in [6.45, 7) is 4.46. The smallest absolute Gasteiger partial charge is 0.00574 e. The zero-order valence-corrected chi connectivity index (χ0v) is 15.8. The van der Waals surface area contributed by atoms with E-state index in [4.69, 9.17) is 0 Å². The van der Waals surface area contributed by atoms with Gasteiger partial charge in [-0.3, -0.25) is 0 Å².